The lowest BCUT2D eigenvalue weighted by Crippen LogP contribution is -2.63. The second-order valence-corrected chi connectivity index (χ2v) is 3.71. The van der Waals surface area contributed by atoms with E-state index < -0.39 is 11.8 Å². The van der Waals surface area contributed by atoms with Crippen LogP contribution in [0.3, 0.4) is 0 Å². The molecule has 1 fully saturated rings. The summed E-state index contributed by atoms with van der Waals surface area (Å²) in [5, 5.41) is 19.2. The second kappa shape index (κ2) is 5.77. The minimum absolute atomic E-state index is 0.210. The van der Waals surface area contributed by atoms with Crippen molar-refractivity contribution in [3.63, 3.8) is 0 Å². The third-order valence-electron chi connectivity index (χ3n) is 2.82. The lowest BCUT2D eigenvalue weighted by Gasteiger charge is -2.45. The molecule has 2 atom stereocenters. The summed E-state index contributed by atoms with van der Waals surface area (Å²) in [6, 6.07) is 0. The molecule has 0 saturated carbocycles. The summed E-state index contributed by atoms with van der Waals surface area (Å²) in [5.74, 6) is 0. The molecular formula is C10H21NO4. The van der Waals surface area contributed by atoms with Crippen LogP contribution in [0.4, 0.5) is 0 Å². The van der Waals surface area contributed by atoms with Gasteiger partial charge in [0.1, 0.15) is 0 Å². The molecule has 2 unspecified atom stereocenters. The van der Waals surface area contributed by atoms with Crippen molar-refractivity contribution >= 4 is 0 Å². The number of rotatable bonds is 5. The molecule has 90 valence electrons. The van der Waals surface area contributed by atoms with Gasteiger partial charge in [-0.3, -0.25) is 4.90 Å². The Morgan fingerprint density at radius 3 is 2.47 bits per heavy atom. The van der Waals surface area contributed by atoms with E-state index in [2.05, 4.69) is 0 Å². The van der Waals surface area contributed by atoms with Gasteiger partial charge in [-0.05, 0) is 13.8 Å². The van der Waals surface area contributed by atoms with E-state index in [9.17, 15) is 10.2 Å². The first-order valence-corrected chi connectivity index (χ1v) is 5.43. The molecule has 1 rings (SSSR count). The Labute approximate surface area is 90.6 Å². The van der Waals surface area contributed by atoms with Crippen molar-refractivity contribution in [1.29, 1.82) is 0 Å². The third-order valence-corrected chi connectivity index (χ3v) is 2.82. The van der Waals surface area contributed by atoms with Crippen LogP contribution in [-0.4, -0.2) is 66.5 Å². The largest absolute Gasteiger partial charge is 0.392 e. The van der Waals surface area contributed by atoms with Gasteiger partial charge in [0.15, 0.2) is 5.72 Å². The van der Waals surface area contributed by atoms with E-state index in [0.717, 1.165) is 0 Å². The second-order valence-electron chi connectivity index (χ2n) is 3.71. The van der Waals surface area contributed by atoms with Gasteiger partial charge in [0, 0.05) is 19.7 Å². The zero-order valence-electron chi connectivity index (χ0n) is 9.48. The van der Waals surface area contributed by atoms with E-state index in [0.29, 0.717) is 32.9 Å². The summed E-state index contributed by atoms with van der Waals surface area (Å²) in [5.41, 5.74) is -0.974. The standard InChI is InChI=1S/C10H21NO4/c1-3-15-10(8-12,9(2)13)11-4-6-14-7-5-11/h9,12-13H,3-8H2,1-2H3. The number of aliphatic hydroxyl groups is 2. The quantitative estimate of drug-likeness (QED) is 0.648. The predicted molar refractivity (Wildman–Crippen MR) is 55.5 cm³/mol. The van der Waals surface area contributed by atoms with Gasteiger partial charge in [-0.15, -0.1) is 0 Å². The molecule has 0 aliphatic carbocycles. The summed E-state index contributed by atoms with van der Waals surface area (Å²) in [6.07, 6.45) is -0.736. The number of morpholine rings is 1. The Balaban J connectivity index is 2.75. The van der Waals surface area contributed by atoms with Crippen LogP contribution in [0.2, 0.25) is 0 Å². The third kappa shape index (κ3) is 2.68. The highest BCUT2D eigenvalue weighted by Crippen LogP contribution is 2.22. The van der Waals surface area contributed by atoms with Crippen LogP contribution in [0.25, 0.3) is 0 Å². The van der Waals surface area contributed by atoms with E-state index >= 15 is 0 Å². The highest BCUT2D eigenvalue weighted by molar-refractivity contribution is 4.87. The van der Waals surface area contributed by atoms with E-state index in [1.165, 1.54) is 0 Å². The summed E-state index contributed by atoms with van der Waals surface area (Å²) in [4.78, 5) is 1.95. The van der Waals surface area contributed by atoms with Crippen LogP contribution in [0.15, 0.2) is 0 Å². The molecule has 0 aromatic heterocycles. The maximum absolute atomic E-state index is 9.78. The molecule has 0 radical (unpaired) electrons. The van der Waals surface area contributed by atoms with Crippen molar-refractivity contribution in [3.8, 4) is 0 Å². The molecule has 15 heavy (non-hydrogen) atoms. The molecule has 0 aromatic rings. The number of hydrogen-bond donors (Lipinski definition) is 2. The van der Waals surface area contributed by atoms with Gasteiger partial charge in [-0.2, -0.15) is 0 Å². The molecule has 0 bridgehead atoms. The maximum Gasteiger partial charge on any atom is 0.170 e. The van der Waals surface area contributed by atoms with Gasteiger partial charge in [-0.1, -0.05) is 0 Å². The van der Waals surface area contributed by atoms with Gasteiger partial charge in [0.2, 0.25) is 0 Å². The molecular weight excluding hydrogens is 198 g/mol. The van der Waals surface area contributed by atoms with Crippen molar-refractivity contribution < 1.29 is 19.7 Å². The van der Waals surface area contributed by atoms with Crippen LogP contribution in [0.5, 0.6) is 0 Å². The van der Waals surface area contributed by atoms with Crippen molar-refractivity contribution in [2.75, 3.05) is 39.5 Å². The Morgan fingerprint density at radius 2 is 2.07 bits per heavy atom. The van der Waals surface area contributed by atoms with Gasteiger partial charge in [-0.25, -0.2) is 0 Å². The smallest absolute Gasteiger partial charge is 0.170 e. The first-order chi connectivity index (χ1) is 7.17. The zero-order valence-corrected chi connectivity index (χ0v) is 9.48. The van der Waals surface area contributed by atoms with Crippen molar-refractivity contribution in [2.45, 2.75) is 25.7 Å². The van der Waals surface area contributed by atoms with Gasteiger partial charge in [0.25, 0.3) is 0 Å². The number of aliphatic hydroxyl groups excluding tert-OH is 2. The zero-order chi connectivity index (χ0) is 11.3. The van der Waals surface area contributed by atoms with Gasteiger partial charge < -0.3 is 19.7 Å². The van der Waals surface area contributed by atoms with Crippen LogP contribution in [0.1, 0.15) is 13.8 Å². The predicted octanol–water partition coefficient (Wildman–Crippen LogP) is -0.575. The molecule has 1 saturated heterocycles. The fraction of sp³-hybridized carbons (Fsp3) is 1.00. The highest BCUT2D eigenvalue weighted by atomic mass is 16.5. The monoisotopic (exact) mass is 219 g/mol. The van der Waals surface area contributed by atoms with Gasteiger partial charge in [0.05, 0.1) is 25.9 Å². The maximum atomic E-state index is 9.78. The molecule has 1 aliphatic heterocycles. The molecule has 5 heteroatoms. The minimum Gasteiger partial charge on any atom is -0.392 e. The number of nitrogens with zero attached hydrogens (tertiary/aromatic N) is 1. The minimum atomic E-state index is -0.974. The van der Waals surface area contributed by atoms with Crippen LogP contribution < -0.4 is 0 Å². The highest BCUT2D eigenvalue weighted by Gasteiger charge is 2.42. The average molecular weight is 219 g/mol. The van der Waals surface area contributed by atoms with E-state index in [1.807, 2.05) is 11.8 Å². The fourth-order valence-electron chi connectivity index (χ4n) is 1.95. The molecule has 0 amide bonds. The Kier molecular flexibility index (Phi) is 4.95. The molecule has 0 spiro atoms. The topological polar surface area (TPSA) is 62.2 Å². The van der Waals surface area contributed by atoms with Crippen molar-refractivity contribution in [2.24, 2.45) is 0 Å². The Hall–Kier alpha value is -0.200. The SMILES string of the molecule is CCOC(CO)(C(C)O)N1CCOCC1. The molecule has 1 aliphatic rings. The van der Waals surface area contributed by atoms with E-state index in [4.69, 9.17) is 9.47 Å². The van der Waals surface area contributed by atoms with Crippen LogP contribution in [0, 0.1) is 0 Å². The lowest BCUT2D eigenvalue weighted by atomic mass is 10.1. The normalized spacial score (nSPS) is 24.8. The molecule has 2 N–H and O–H groups in total. The van der Waals surface area contributed by atoms with Crippen LogP contribution >= 0.6 is 0 Å². The van der Waals surface area contributed by atoms with Crippen molar-refractivity contribution in [1.82, 2.24) is 4.90 Å². The first kappa shape index (κ1) is 12.9. The first-order valence-electron chi connectivity index (χ1n) is 5.43. The molecule has 1 heterocycles. The number of hydrogen-bond acceptors (Lipinski definition) is 5. The fourth-order valence-corrected chi connectivity index (χ4v) is 1.95. The summed E-state index contributed by atoms with van der Waals surface area (Å²) >= 11 is 0. The molecule has 5 nitrogen and oxygen atoms in total. The van der Waals surface area contributed by atoms with Gasteiger partial charge >= 0.3 is 0 Å². The number of ether oxygens (including phenoxy) is 2. The average Bonchev–Trinajstić information content (AvgIpc) is 2.26. The van der Waals surface area contributed by atoms with Crippen LogP contribution in [-0.2, 0) is 9.47 Å². The van der Waals surface area contributed by atoms with E-state index in [-0.39, 0.29) is 6.61 Å². The summed E-state index contributed by atoms with van der Waals surface area (Å²) < 4.78 is 10.8. The Bertz CT molecular complexity index is 182. The van der Waals surface area contributed by atoms with E-state index in [1.54, 1.807) is 6.92 Å². The summed E-state index contributed by atoms with van der Waals surface area (Å²) in [6.45, 7) is 6.32. The molecule has 0 aromatic carbocycles. The lowest BCUT2D eigenvalue weighted by molar-refractivity contribution is -0.238. The Morgan fingerprint density at radius 1 is 1.47 bits per heavy atom. The van der Waals surface area contributed by atoms with Crippen molar-refractivity contribution in [3.05, 3.63) is 0 Å². The summed E-state index contributed by atoms with van der Waals surface area (Å²) in [7, 11) is 0.